The van der Waals surface area contributed by atoms with Gasteiger partial charge in [0, 0.05) is 24.5 Å². The van der Waals surface area contributed by atoms with Crippen LogP contribution in [0.25, 0.3) is 11.4 Å². The van der Waals surface area contributed by atoms with E-state index in [1.807, 2.05) is 35.3 Å². The number of nitrogens with zero attached hydrogens (tertiary/aromatic N) is 2. The van der Waals surface area contributed by atoms with E-state index in [1.54, 1.807) is 0 Å². The fraction of sp³-hybridized carbons (Fsp3) is 0.308. The van der Waals surface area contributed by atoms with Crippen LogP contribution >= 0.6 is 0 Å². The zero-order valence-electron chi connectivity index (χ0n) is 9.56. The number of nitrogens with one attached hydrogen (secondary N) is 1. The first-order valence-corrected chi connectivity index (χ1v) is 5.74. The minimum absolute atomic E-state index is 0.969. The lowest BCUT2D eigenvalue weighted by Crippen LogP contribution is -2.16. The summed E-state index contributed by atoms with van der Waals surface area (Å²) in [7, 11) is 0. The quantitative estimate of drug-likeness (QED) is 0.777. The monoisotopic (exact) mass is 215 g/mol. The Labute approximate surface area is 96.1 Å². The molecule has 84 valence electrons. The molecule has 0 aliphatic rings. The van der Waals surface area contributed by atoms with Crippen molar-refractivity contribution in [2.75, 3.05) is 12.0 Å². The highest BCUT2D eigenvalue weighted by atomic mass is 15.4. The van der Waals surface area contributed by atoms with Crippen molar-refractivity contribution < 1.29 is 0 Å². The highest BCUT2D eigenvalue weighted by Gasteiger charge is 2.03. The molecular weight excluding hydrogens is 198 g/mol. The summed E-state index contributed by atoms with van der Waals surface area (Å²) in [6, 6.07) is 10.2. The molecule has 0 bridgehead atoms. The maximum atomic E-state index is 4.37. The average molecular weight is 215 g/mol. The van der Waals surface area contributed by atoms with Crippen molar-refractivity contribution in [2.45, 2.75) is 19.8 Å². The molecule has 0 fully saturated rings. The molecule has 0 spiro atoms. The van der Waals surface area contributed by atoms with Gasteiger partial charge in [0.15, 0.2) is 5.82 Å². The van der Waals surface area contributed by atoms with E-state index >= 15 is 0 Å². The number of unbranched alkanes of at least 4 members (excludes halogenated alkanes) is 1. The summed E-state index contributed by atoms with van der Waals surface area (Å²) in [5, 5.41) is 0. The first kappa shape index (κ1) is 10.7. The molecular formula is C13H17N3. The van der Waals surface area contributed by atoms with Crippen LogP contribution in [0, 0.1) is 0 Å². The van der Waals surface area contributed by atoms with Gasteiger partial charge in [-0.25, -0.2) is 9.66 Å². The van der Waals surface area contributed by atoms with E-state index in [2.05, 4.69) is 29.5 Å². The number of imidazole rings is 1. The van der Waals surface area contributed by atoms with Crippen molar-refractivity contribution in [2.24, 2.45) is 0 Å². The van der Waals surface area contributed by atoms with Crippen molar-refractivity contribution in [1.29, 1.82) is 0 Å². The van der Waals surface area contributed by atoms with Crippen LogP contribution in [0.4, 0.5) is 0 Å². The predicted octanol–water partition coefficient (Wildman–Crippen LogP) is 2.89. The molecule has 0 atom stereocenters. The number of rotatable bonds is 5. The van der Waals surface area contributed by atoms with E-state index in [9.17, 15) is 0 Å². The van der Waals surface area contributed by atoms with Crippen LogP contribution in [0.3, 0.4) is 0 Å². The van der Waals surface area contributed by atoms with Gasteiger partial charge < -0.3 is 5.43 Å². The lowest BCUT2D eigenvalue weighted by atomic mass is 10.2. The van der Waals surface area contributed by atoms with Crippen LogP contribution in [0.15, 0.2) is 42.7 Å². The van der Waals surface area contributed by atoms with Crippen molar-refractivity contribution in [3.05, 3.63) is 42.7 Å². The van der Waals surface area contributed by atoms with Crippen LogP contribution in [0.2, 0.25) is 0 Å². The van der Waals surface area contributed by atoms with Gasteiger partial charge in [-0.2, -0.15) is 0 Å². The Morgan fingerprint density at radius 1 is 1.25 bits per heavy atom. The van der Waals surface area contributed by atoms with E-state index in [4.69, 9.17) is 0 Å². The molecule has 0 aliphatic carbocycles. The predicted molar refractivity (Wildman–Crippen MR) is 66.8 cm³/mol. The molecule has 3 nitrogen and oxygen atoms in total. The summed E-state index contributed by atoms with van der Waals surface area (Å²) in [5.41, 5.74) is 4.48. The molecule has 0 radical (unpaired) electrons. The fourth-order valence-corrected chi connectivity index (χ4v) is 1.61. The Morgan fingerprint density at radius 2 is 2.06 bits per heavy atom. The normalized spacial score (nSPS) is 10.3. The second-order valence-electron chi connectivity index (χ2n) is 3.75. The molecule has 16 heavy (non-hydrogen) atoms. The second kappa shape index (κ2) is 5.35. The van der Waals surface area contributed by atoms with Gasteiger partial charge in [-0.3, -0.25) is 0 Å². The van der Waals surface area contributed by atoms with Crippen LogP contribution in [-0.2, 0) is 0 Å². The third kappa shape index (κ3) is 2.42. The standard InChI is InChI=1S/C13H17N3/c1-2-3-9-15-16-11-10-14-13(16)12-7-5-4-6-8-12/h4-8,10-11,15H,2-3,9H2,1H3. The number of hydrogen-bond acceptors (Lipinski definition) is 2. The van der Waals surface area contributed by atoms with Gasteiger partial charge in [0.05, 0.1) is 0 Å². The number of hydrogen-bond donors (Lipinski definition) is 1. The molecule has 3 heteroatoms. The lowest BCUT2D eigenvalue weighted by Gasteiger charge is -2.10. The number of benzene rings is 1. The summed E-state index contributed by atoms with van der Waals surface area (Å²) in [4.78, 5) is 4.37. The zero-order chi connectivity index (χ0) is 11.2. The van der Waals surface area contributed by atoms with Gasteiger partial charge in [0.2, 0.25) is 0 Å². The summed E-state index contributed by atoms with van der Waals surface area (Å²) < 4.78 is 1.99. The molecule has 0 unspecified atom stereocenters. The number of aromatic nitrogens is 2. The molecule has 0 saturated heterocycles. The van der Waals surface area contributed by atoms with Gasteiger partial charge in [-0.15, -0.1) is 0 Å². The Balaban J connectivity index is 2.13. The molecule has 1 N–H and O–H groups in total. The maximum Gasteiger partial charge on any atom is 0.158 e. The average Bonchev–Trinajstić information content (AvgIpc) is 2.79. The summed E-state index contributed by atoms with van der Waals surface area (Å²) >= 11 is 0. The van der Waals surface area contributed by atoms with Crippen molar-refractivity contribution in [1.82, 2.24) is 9.66 Å². The lowest BCUT2D eigenvalue weighted by molar-refractivity contribution is 0.755. The minimum Gasteiger partial charge on any atom is -0.324 e. The smallest absolute Gasteiger partial charge is 0.158 e. The molecule has 1 heterocycles. The van der Waals surface area contributed by atoms with E-state index in [0.29, 0.717) is 0 Å². The van der Waals surface area contributed by atoms with Gasteiger partial charge in [-0.05, 0) is 6.42 Å². The topological polar surface area (TPSA) is 29.9 Å². The van der Waals surface area contributed by atoms with E-state index in [0.717, 1.165) is 17.9 Å². The van der Waals surface area contributed by atoms with E-state index in [1.165, 1.54) is 12.8 Å². The van der Waals surface area contributed by atoms with E-state index in [-0.39, 0.29) is 0 Å². The van der Waals surface area contributed by atoms with Gasteiger partial charge >= 0.3 is 0 Å². The van der Waals surface area contributed by atoms with E-state index < -0.39 is 0 Å². The van der Waals surface area contributed by atoms with Gasteiger partial charge in [0.1, 0.15) is 0 Å². The summed E-state index contributed by atoms with van der Waals surface area (Å²) in [5.74, 6) is 0.969. The SMILES string of the molecule is CCCCNn1ccnc1-c1ccccc1. The van der Waals surface area contributed by atoms with Crippen LogP contribution in [-0.4, -0.2) is 16.2 Å². The molecule has 2 aromatic rings. The highest BCUT2D eigenvalue weighted by molar-refractivity contribution is 5.55. The Morgan fingerprint density at radius 3 is 2.81 bits per heavy atom. The third-order valence-electron chi connectivity index (χ3n) is 2.49. The maximum absolute atomic E-state index is 4.37. The molecule has 1 aromatic carbocycles. The Kier molecular flexibility index (Phi) is 3.59. The highest BCUT2D eigenvalue weighted by Crippen LogP contribution is 2.15. The Hall–Kier alpha value is -1.77. The minimum atomic E-state index is 0.969. The van der Waals surface area contributed by atoms with Crippen LogP contribution < -0.4 is 5.43 Å². The van der Waals surface area contributed by atoms with Gasteiger partial charge in [-0.1, -0.05) is 43.7 Å². The summed E-state index contributed by atoms with van der Waals surface area (Å²) in [6.45, 7) is 3.17. The van der Waals surface area contributed by atoms with Crippen molar-refractivity contribution >= 4 is 0 Å². The van der Waals surface area contributed by atoms with Crippen molar-refractivity contribution in [3.63, 3.8) is 0 Å². The van der Waals surface area contributed by atoms with Crippen LogP contribution in [0.5, 0.6) is 0 Å². The van der Waals surface area contributed by atoms with Crippen molar-refractivity contribution in [3.8, 4) is 11.4 Å². The first-order chi connectivity index (χ1) is 7.92. The Bertz CT molecular complexity index is 420. The molecule has 2 rings (SSSR count). The third-order valence-corrected chi connectivity index (χ3v) is 2.49. The second-order valence-corrected chi connectivity index (χ2v) is 3.75. The zero-order valence-corrected chi connectivity index (χ0v) is 9.56. The first-order valence-electron chi connectivity index (χ1n) is 5.74. The van der Waals surface area contributed by atoms with Gasteiger partial charge in [0.25, 0.3) is 0 Å². The van der Waals surface area contributed by atoms with Crippen LogP contribution in [0.1, 0.15) is 19.8 Å². The molecule has 0 saturated carbocycles. The molecule has 0 amide bonds. The summed E-state index contributed by atoms with van der Waals surface area (Å²) in [6.07, 6.45) is 6.15. The molecule has 1 aromatic heterocycles. The largest absolute Gasteiger partial charge is 0.324 e. The molecule has 0 aliphatic heterocycles. The fourth-order valence-electron chi connectivity index (χ4n) is 1.61.